The van der Waals surface area contributed by atoms with Crippen molar-refractivity contribution in [1.29, 1.82) is 0 Å². The molecule has 2 N–H and O–H groups in total. The monoisotopic (exact) mass is 330 g/mol. The van der Waals surface area contributed by atoms with Crippen molar-refractivity contribution in [3.8, 4) is 0 Å². The third kappa shape index (κ3) is 3.24. The number of likely N-dealkylation sites (N-methyl/N-ethyl adjacent to an activating group) is 1. The molecule has 130 valence electrons. The number of aromatic nitrogens is 1. The molecule has 1 aromatic heterocycles. The number of nitrogens with zero attached hydrogens (tertiary/aromatic N) is 2. The van der Waals surface area contributed by atoms with E-state index >= 15 is 0 Å². The fourth-order valence-corrected chi connectivity index (χ4v) is 3.66. The van der Waals surface area contributed by atoms with Gasteiger partial charge in [0.1, 0.15) is 5.52 Å². The summed E-state index contributed by atoms with van der Waals surface area (Å²) in [4.78, 5) is 19.1. The van der Waals surface area contributed by atoms with Crippen molar-refractivity contribution in [2.24, 2.45) is 0 Å². The summed E-state index contributed by atoms with van der Waals surface area (Å²) in [5.41, 5.74) is 1.62. The molecule has 1 aliphatic rings. The second-order valence-electron chi connectivity index (χ2n) is 6.36. The minimum Gasteiger partial charge on any atom is -0.424 e. The highest BCUT2D eigenvalue weighted by Crippen LogP contribution is 2.27. The lowest BCUT2D eigenvalue weighted by molar-refractivity contribution is -0.125. The van der Waals surface area contributed by atoms with Gasteiger partial charge >= 0.3 is 0 Å². The van der Waals surface area contributed by atoms with E-state index < -0.39 is 0 Å². The van der Waals surface area contributed by atoms with Crippen LogP contribution in [0.4, 0.5) is 6.01 Å². The van der Waals surface area contributed by atoms with Crippen LogP contribution in [0.25, 0.3) is 11.1 Å². The number of hydrogen-bond acceptors (Lipinski definition) is 5. The Labute approximate surface area is 142 Å². The normalized spacial score (nSPS) is 21.5. The highest BCUT2D eigenvalue weighted by Gasteiger charge is 2.39. The first-order valence-corrected chi connectivity index (χ1v) is 8.75. The number of likely N-dealkylation sites (tertiary alicyclic amines) is 1. The lowest BCUT2D eigenvalue weighted by atomic mass is 10.1. The molecule has 6 nitrogen and oxygen atoms in total. The van der Waals surface area contributed by atoms with E-state index in [1.165, 1.54) is 0 Å². The van der Waals surface area contributed by atoms with Crippen LogP contribution in [0.15, 0.2) is 28.7 Å². The lowest BCUT2D eigenvalue weighted by Gasteiger charge is -2.30. The molecule has 0 saturated carbocycles. The van der Waals surface area contributed by atoms with Gasteiger partial charge < -0.3 is 15.1 Å². The predicted octanol–water partition coefficient (Wildman–Crippen LogP) is 2.62. The van der Waals surface area contributed by atoms with E-state index in [1.807, 2.05) is 24.3 Å². The van der Waals surface area contributed by atoms with E-state index in [9.17, 15) is 4.79 Å². The molecule has 1 amide bonds. The first-order valence-electron chi connectivity index (χ1n) is 8.75. The largest absolute Gasteiger partial charge is 0.424 e. The summed E-state index contributed by atoms with van der Waals surface area (Å²) in [6.45, 7) is 5.18. The van der Waals surface area contributed by atoms with Gasteiger partial charge in [-0.25, -0.2) is 0 Å². The quantitative estimate of drug-likeness (QED) is 0.852. The van der Waals surface area contributed by atoms with Gasteiger partial charge in [0, 0.05) is 25.7 Å². The van der Waals surface area contributed by atoms with E-state index in [-0.39, 0.29) is 18.0 Å². The van der Waals surface area contributed by atoms with Crippen LogP contribution in [0.5, 0.6) is 0 Å². The third-order valence-electron chi connectivity index (χ3n) is 4.92. The molecule has 1 aliphatic heterocycles. The Kier molecular flexibility index (Phi) is 5.04. The van der Waals surface area contributed by atoms with E-state index in [4.69, 9.17) is 4.42 Å². The Morgan fingerprint density at radius 3 is 2.79 bits per heavy atom. The minimum absolute atomic E-state index is 0.0868. The zero-order chi connectivity index (χ0) is 17.1. The molecular formula is C18H26N4O2. The zero-order valence-corrected chi connectivity index (χ0v) is 14.6. The SMILES string of the molecule is CCC(CC)N1C[C@H](Nc2nc3ccccc3o2)C[C@H]1C(=O)NC. The number of para-hydroxylation sites is 2. The van der Waals surface area contributed by atoms with Crippen LogP contribution in [-0.4, -0.2) is 47.5 Å². The maximum atomic E-state index is 12.3. The van der Waals surface area contributed by atoms with Crippen molar-refractivity contribution < 1.29 is 9.21 Å². The number of rotatable bonds is 6. The second kappa shape index (κ2) is 7.21. The molecule has 24 heavy (non-hydrogen) atoms. The molecule has 1 saturated heterocycles. The molecule has 0 aliphatic carbocycles. The van der Waals surface area contributed by atoms with Crippen LogP contribution in [0.1, 0.15) is 33.1 Å². The van der Waals surface area contributed by atoms with Crippen molar-refractivity contribution in [3.05, 3.63) is 24.3 Å². The van der Waals surface area contributed by atoms with E-state index in [1.54, 1.807) is 7.05 Å². The molecule has 2 aromatic rings. The van der Waals surface area contributed by atoms with Gasteiger partial charge in [0.15, 0.2) is 5.58 Å². The Hall–Kier alpha value is -2.08. The second-order valence-corrected chi connectivity index (χ2v) is 6.36. The van der Waals surface area contributed by atoms with Gasteiger partial charge in [0.2, 0.25) is 5.91 Å². The molecule has 0 spiro atoms. The van der Waals surface area contributed by atoms with Crippen LogP contribution in [0.3, 0.4) is 0 Å². The fraction of sp³-hybridized carbons (Fsp3) is 0.556. The Morgan fingerprint density at radius 1 is 1.38 bits per heavy atom. The first kappa shape index (κ1) is 16.8. The van der Waals surface area contributed by atoms with Crippen LogP contribution < -0.4 is 10.6 Å². The maximum absolute atomic E-state index is 12.3. The van der Waals surface area contributed by atoms with E-state index in [0.717, 1.165) is 36.9 Å². The molecule has 0 radical (unpaired) electrons. The average Bonchev–Trinajstić information content (AvgIpc) is 3.19. The molecule has 0 bridgehead atoms. The lowest BCUT2D eigenvalue weighted by Crippen LogP contribution is -2.46. The topological polar surface area (TPSA) is 70.4 Å². The highest BCUT2D eigenvalue weighted by atomic mass is 16.4. The number of anilines is 1. The summed E-state index contributed by atoms with van der Waals surface area (Å²) in [5.74, 6) is 0.0868. The molecule has 3 rings (SSSR count). The number of hydrogen-bond donors (Lipinski definition) is 2. The van der Waals surface area contributed by atoms with Crippen molar-refractivity contribution in [3.63, 3.8) is 0 Å². The number of nitrogens with one attached hydrogen (secondary N) is 2. The van der Waals surface area contributed by atoms with Crippen molar-refractivity contribution in [2.75, 3.05) is 18.9 Å². The molecule has 1 aromatic carbocycles. The maximum Gasteiger partial charge on any atom is 0.295 e. The zero-order valence-electron chi connectivity index (χ0n) is 14.6. The summed E-state index contributed by atoms with van der Waals surface area (Å²) in [5, 5.41) is 6.17. The molecular weight excluding hydrogens is 304 g/mol. The summed E-state index contributed by atoms with van der Waals surface area (Å²) in [6, 6.07) is 8.73. The summed E-state index contributed by atoms with van der Waals surface area (Å²) in [6.07, 6.45) is 2.84. The standard InChI is InChI=1S/C18H26N4O2/c1-4-13(5-2)22-11-12(10-15(22)17(23)19-3)20-18-21-14-8-6-7-9-16(14)24-18/h6-9,12-13,15H,4-5,10-11H2,1-3H3,(H,19,23)(H,20,21)/t12-,15+/m1/s1. The predicted molar refractivity (Wildman–Crippen MR) is 95.0 cm³/mol. The van der Waals surface area contributed by atoms with Crippen molar-refractivity contribution in [1.82, 2.24) is 15.2 Å². The first-order chi connectivity index (χ1) is 11.7. The number of carbonyl (C=O) groups excluding carboxylic acids is 1. The van der Waals surface area contributed by atoms with Gasteiger partial charge in [0.05, 0.1) is 6.04 Å². The van der Waals surface area contributed by atoms with E-state index in [2.05, 4.69) is 34.4 Å². The number of benzene rings is 1. The van der Waals surface area contributed by atoms with Gasteiger partial charge in [-0.1, -0.05) is 26.0 Å². The van der Waals surface area contributed by atoms with Gasteiger partial charge in [-0.2, -0.15) is 4.98 Å². The van der Waals surface area contributed by atoms with E-state index in [0.29, 0.717) is 12.1 Å². The summed E-state index contributed by atoms with van der Waals surface area (Å²) in [7, 11) is 1.70. The summed E-state index contributed by atoms with van der Waals surface area (Å²) < 4.78 is 5.76. The van der Waals surface area contributed by atoms with Gasteiger partial charge in [-0.15, -0.1) is 0 Å². The van der Waals surface area contributed by atoms with Gasteiger partial charge in [0.25, 0.3) is 6.01 Å². The molecule has 6 heteroatoms. The smallest absolute Gasteiger partial charge is 0.295 e. The van der Waals surface area contributed by atoms with Crippen LogP contribution in [0.2, 0.25) is 0 Å². The average molecular weight is 330 g/mol. The van der Waals surface area contributed by atoms with Crippen LogP contribution in [0, 0.1) is 0 Å². The van der Waals surface area contributed by atoms with Crippen LogP contribution >= 0.6 is 0 Å². The van der Waals surface area contributed by atoms with Crippen LogP contribution in [-0.2, 0) is 4.79 Å². The number of amides is 1. The number of oxazole rings is 1. The highest BCUT2D eigenvalue weighted by molar-refractivity contribution is 5.82. The van der Waals surface area contributed by atoms with Gasteiger partial charge in [-0.05, 0) is 31.4 Å². The minimum atomic E-state index is -0.0956. The Bertz CT molecular complexity index is 662. The van der Waals surface area contributed by atoms with Gasteiger partial charge in [-0.3, -0.25) is 9.69 Å². The fourth-order valence-electron chi connectivity index (χ4n) is 3.66. The summed E-state index contributed by atoms with van der Waals surface area (Å²) >= 11 is 0. The molecule has 1 fully saturated rings. The third-order valence-corrected chi connectivity index (χ3v) is 4.92. The van der Waals surface area contributed by atoms with Crippen molar-refractivity contribution in [2.45, 2.75) is 51.2 Å². The number of fused-ring (bicyclic) bond motifs is 1. The Morgan fingerprint density at radius 2 is 2.12 bits per heavy atom. The molecule has 2 heterocycles. The number of carbonyl (C=O) groups is 1. The molecule has 0 unspecified atom stereocenters. The Balaban J connectivity index is 1.75. The molecule has 2 atom stereocenters. The van der Waals surface area contributed by atoms with Crippen molar-refractivity contribution >= 4 is 23.0 Å².